The maximum atomic E-state index is 11.2. The molecule has 0 heterocycles. The molecule has 0 aliphatic carbocycles. The van der Waals surface area contributed by atoms with Crippen LogP contribution >= 0.6 is 0 Å². The van der Waals surface area contributed by atoms with Crippen molar-refractivity contribution in [3.63, 3.8) is 0 Å². The Morgan fingerprint density at radius 3 is 2.00 bits per heavy atom. The van der Waals surface area contributed by atoms with E-state index in [0.717, 1.165) is 7.11 Å². The molecular formula is C10H21NO6S. The van der Waals surface area contributed by atoms with Crippen LogP contribution in [0.3, 0.4) is 0 Å². The lowest BCUT2D eigenvalue weighted by molar-refractivity contribution is -0.139. The fourth-order valence-electron chi connectivity index (χ4n) is 0.545. The highest BCUT2D eigenvalue weighted by atomic mass is 32.3. The first kappa shape index (κ1) is 19.4. The van der Waals surface area contributed by atoms with Crippen molar-refractivity contribution < 1.29 is 26.7 Å². The number of carbonyl (C=O) groups is 1. The van der Waals surface area contributed by atoms with E-state index in [0.29, 0.717) is 12.1 Å². The Balaban J connectivity index is 0. The van der Waals surface area contributed by atoms with Crippen LogP contribution in [0.15, 0.2) is 12.2 Å². The van der Waals surface area contributed by atoms with Crippen LogP contribution in [0.1, 0.15) is 20.8 Å². The molecular weight excluding hydrogens is 262 g/mol. The second-order valence-electron chi connectivity index (χ2n) is 4.25. The van der Waals surface area contributed by atoms with Gasteiger partial charge in [0.15, 0.2) is 0 Å². The van der Waals surface area contributed by atoms with Gasteiger partial charge in [0.2, 0.25) is 0 Å². The topological polar surface area (TPSA) is 116 Å². The molecule has 0 saturated carbocycles. The molecule has 7 nitrogen and oxygen atoms in total. The van der Waals surface area contributed by atoms with Gasteiger partial charge in [-0.05, 0) is 5.41 Å². The molecule has 0 aliphatic rings. The first-order chi connectivity index (χ1) is 7.95. The molecule has 0 saturated heterocycles. The van der Waals surface area contributed by atoms with Crippen LogP contribution in [0, 0.1) is 5.41 Å². The van der Waals surface area contributed by atoms with Crippen molar-refractivity contribution in [2.45, 2.75) is 20.8 Å². The van der Waals surface area contributed by atoms with Crippen LogP contribution in [0.25, 0.3) is 0 Å². The Labute approximate surface area is 108 Å². The summed E-state index contributed by atoms with van der Waals surface area (Å²) >= 11 is 0. The quantitative estimate of drug-likeness (QED) is 0.439. The van der Waals surface area contributed by atoms with Crippen LogP contribution in [0.4, 0.5) is 0 Å². The van der Waals surface area contributed by atoms with Gasteiger partial charge in [0.05, 0.1) is 7.11 Å². The lowest BCUT2D eigenvalue weighted by Gasteiger charge is -2.19. The van der Waals surface area contributed by atoms with Gasteiger partial charge < -0.3 is 10.5 Å². The summed E-state index contributed by atoms with van der Waals surface area (Å²) in [5.74, 6) is -0.354. The summed E-state index contributed by atoms with van der Waals surface area (Å²) in [6.45, 7) is 10.0. The van der Waals surface area contributed by atoms with E-state index in [1.165, 1.54) is 0 Å². The van der Waals surface area contributed by atoms with Crippen LogP contribution in [0.2, 0.25) is 0 Å². The Kier molecular flexibility index (Phi) is 8.83. The second kappa shape index (κ2) is 8.20. The number of hydrogen-bond acceptors (Lipinski definition) is 6. The third-order valence-corrected chi connectivity index (χ3v) is 2.13. The predicted octanol–water partition coefficient (Wildman–Crippen LogP) is 0.526. The SMILES string of the molecule is C=C(C(=O)OCCN)C(C)(C)C.COS(=O)(=O)O. The Morgan fingerprint density at radius 1 is 1.39 bits per heavy atom. The highest BCUT2D eigenvalue weighted by Crippen LogP contribution is 2.24. The zero-order chi connectivity index (χ0) is 15.0. The normalized spacial score (nSPS) is 11.2. The van der Waals surface area contributed by atoms with Crippen molar-refractivity contribution in [3.8, 4) is 0 Å². The zero-order valence-electron chi connectivity index (χ0n) is 11.1. The van der Waals surface area contributed by atoms with Gasteiger partial charge in [-0.1, -0.05) is 27.4 Å². The lowest BCUT2D eigenvalue weighted by atomic mass is 9.88. The van der Waals surface area contributed by atoms with Crippen LogP contribution in [0.5, 0.6) is 0 Å². The predicted molar refractivity (Wildman–Crippen MR) is 67.2 cm³/mol. The zero-order valence-corrected chi connectivity index (χ0v) is 11.9. The average Bonchev–Trinajstić information content (AvgIpc) is 2.23. The molecule has 0 aromatic rings. The van der Waals surface area contributed by atoms with Gasteiger partial charge in [0, 0.05) is 12.1 Å². The second-order valence-corrected chi connectivity index (χ2v) is 5.44. The first-order valence-corrected chi connectivity index (χ1v) is 6.41. The molecule has 0 aromatic heterocycles. The number of esters is 1. The highest BCUT2D eigenvalue weighted by Gasteiger charge is 2.22. The summed E-state index contributed by atoms with van der Waals surface area (Å²) in [5, 5.41) is 0. The molecule has 0 radical (unpaired) electrons. The molecule has 0 aliphatic heterocycles. The van der Waals surface area contributed by atoms with Gasteiger partial charge in [-0.2, -0.15) is 8.42 Å². The number of ether oxygens (including phenoxy) is 1. The largest absolute Gasteiger partial charge is 0.461 e. The Hall–Kier alpha value is -0.960. The van der Waals surface area contributed by atoms with E-state index in [1.54, 1.807) is 0 Å². The van der Waals surface area contributed by atoms with Crippen LogP contribution < -0.4 is 5.73 Å². The number of rotatable bonds is 4. The maximum Gasteiger partial charge on any atom is 0.397 e. The summed E-state index contributed by atoms with van der Waals surface area (Å²) in [6.07, 6.45) is 0. The van der Waals surface area contributed by atoms with Crippen molar-refractivity contribution in [3.05, 3.63) is 12.2 Å². The van der Waals surface area contributed by atoms with Crippen molar-refractivity contribution in [1.82, 2.24) is 0 Å². The van der Waals surface area contributed by atoms with Gasteiger partial charge in [0.1, 0.15) is 6.61 Å². The highest BCUT2D eigenvalue weighted by molar-refractivity contribution is 7.80. The summed E-state index contributed by atoms with van der Waals surface area (Å²) in [5.41, 5.74) is 5.43. The van der Waals surface area contributed by atoms with Gasteiger partial charge in [-0.3, -0.25) is 8.74 Å². The lowest BCUT2D eigenvalue weighted by Crippen LogP contribution is -2.21. The maximum absolute atomic E-state index is 11.2. The summed E-state index contributed by atoms with van der Waals surface area (Å²) in [6, 6.07) is 0. The summed E-state index contributed by atoms with van der Waals surface area (Å²) in [7, 11) is -3.29. The molecule has 18 heavy (non-hydrogen) atoms. The van der Waals surface area contributed by atoms with Crippen LogP contribution in [-0.2, 0) is 24.1 Å². The molecule has 0 atom stereocenters. The number of nitrogens with two attached hydrogens (primary N) is 1. The molecule has 0 bridgehead atoms. The monoisotopic (exact) mass is 283 g/mol. The summed E-state index contributed by atoms with van der Waals surface area (Å²) in [4.78, 5) is 11.2. The molecule has 0 unspecified atom stereocenters. The average molecular weight is 283 g/mol. The van der Waals surface area contributed by atoms with Gasteiger partial charge in [-0.15, -0.1) is 0 Å². The van der Waals surface area contributed by atoms with Crippen LogP contribution in [-0.4, -0.2) is 39.2 Å². The van der Waals surface area contributed by atoms with E-state index in [2.05, 4.69) is 10.8 Å². The van der Waals surface area contributed by atoms with Gasteiger partial charge >= 0.3 is 16.4 Å². The number of carbonyl (C=O) groups excluding carboxylic acids is 1. The van der Waals surface area contributed by atoms with E-state index in [-0.39, 0.29) is 18.0 Å². The first-order valence-electron chi connectivity index (χ1n) is 5.05. The van der Waals surface area contributed by atoms with Crippen molar-refractivity contribution in [1.29, 1.82) is 0 Å². The molecule has 0 aromatic carbocycles. The molecule has 0 spiro atoms. The molecule has 0 amide bonds. The van der Waals surface area contributed by atoms with Crippen molar-refractivity contribution >= 4 is 16.4 Å². The Bertz CT molecular complexity index is 368. The van der Waals surface area contributed by atoms with Gasteiger partial charge in [0.25, 0.3) is 0 Å². The molecule has 0 rings (SSSR count). The number of hydrogen-bond donors (Lipinski definition) is 2. The standard InChI is InChI=1S/C9H17NO2.CH4O4S/c1-7(9(2,3)4)8(11)12-6-5-10;1-5-6(2,3)4/h1,5-6,10H2,2-4H3;1H3,(H,2,3,4). The minimum Gasteiger partial charge on any atom is -0.461 e. The summed E-state index contributed by atoms with van der Waals surface area (Å²) < 4.78 is 34.5. The molecule has 3 N–H and O–H groups in total. The minimum absolute atomic E-state index is 0.230. The fourth-order valence-corrected chi connectivity index (χ4v) is 0.545. The van der Waals surface area contributed by atoms with E-state index in [9.17, 15) is 13.2 Å². The van der Waals surface area contributed by atoms with E-state index < -0.39 is 10.4 Å². The fraction of sp³-hybridized carbons (Fsp3) is 0.700. The van der Waals surface area contributed by atoms with E-state index in [1.807, 2.05) is 20.8 Å². The van der Waals surface area contributed by atoms with Crippen molar-refractivity contribution in [2.24, 2.45) is 11.1 Å². The third-order valence-electron chi connectivity index (χ3n) is 1.71. The van der Waals surface area contributed by atoms with E-state index >= 15 is 0 Å². The third kappa shape index (κ3) is 11.5. The van der Waals surface area contributed by atoms with Gasteiger partial charge in [-0.25, -0.2) is 4.79 Å². The molecule has 108 valence electrons. The smallest absolute Gasteiger partial charge is 0.397 e. The molecule has 8 heteroatoms. The minimum atomic E-state index is -4.16. The van der Waals surface area contributed by atoms with E-state index in [4.69, 9.17) is 15.0 Å². The molecule has 0 fully saturated rings. The van der Waals surface area contributed by atoms with Crippen molar-refractivity contribution in [2.75, 3.05) is 20.3 Å². The Morgan fingerprint density at radius 2 is 1.78 bits per heavy atom.